The highest BCUT2D eigenvalue weighted by atomic mass is 16.5. The lowest BCUT2D eigenvalue weighted by Gasteiger charge is -2.10. The van der Waals surface area contributed by atoms with E-state index in [1.54, 1.807) is 7.11 Å². The van der Waals surface area contributed by atoms with Crippen LogP contribution in [0, 0.1) is 6.92 Å². The van der Waals surface area contributed by atoms with Gasteiger partial charge in [0.15, 0.2) is 0 Å². The van der Waals surface area contributed by atoms with Gasteiger partial charge < -0.3 is 9.84 Å². The van der Waals surface area contributed by atoms with Gasteiger partial charge in [0.2, 0.25) is 0 Å². The normalized spacial score (nSPS) is 12.5. The number of hydrogen-bond acceptors (Lipinski definition) is 3. The molecule has 0 fully saturated rings. The highest BCUT2D eigenvalue weighted by molar-refractivity contribution is 5.28. The summed E-state index contributed by atoms with van der Waals surface area (Å²) in [5.41, 5.74) is 1.08. The van der Waals surface area contributed by atoms with Gasteiger partial charge in [0, 0.05) is 6.54 Å². The molecule has 0 bridgehead atoms. The number of nitrogens with one attached hydrogen (secondary N) is 1. The van der Waals surface area contributed by atoms with Gasteiger partial charge in [-0.25, -0.2) is 0 Å². The van der Waals surface area contributed by atoms with E-state index in [1.165, 1.54) is 0 Å². The highest BCUT2D eigenvalue weighted by Crippen LogP contribution is 2.12. The maximum absolute atomic E-state index is 9.24. The van der Waals surface area contributed by atoms with Crippen LogP contribution in [0.2, 0.25) is 0 Å². The second kappa shape index (κ2) is 5.62. The standard InChI is InChI=1S/C11H16NO2/c1-3-11(13)12-8-9-5-4-6-10(7-9)14-2/h4-7,11-13H,1,3,8H2,2H3. The van der Waals surface area contributed by atoms with Crippen LogP contribution in [0.15, 0.2) is 24.3 Å². The van der Waals surface area contributed by atoms with E-state index in [2.05, 4.69) is 12.2 Å². The molecule has 3 nitrogen and oxygen atoms in total. The maximum atomic E-state index is 9.24. The summed E-state index contributed by atoms with van der Waals surface area (Å²) in [7, 11) is 1.64. The van der Waals surface area contributed by atoms with Crippen LogP contribution >= 0.6 is 0 Å². The largest absolute Gasteiger partial charge is 0.497 e. The molecule has 1 radical (unpaired) electrons. The van der Waals surface area contributed by atoms with E-state index in [4.69, 9.17) is 4.74 Å². The number of benzene rings is 1. The molecule has 0 saturated carbocycles. The molecule has 1 rings (SSSR count). The Morgan fingerprint density at radius 3 is 3.00 bits per heavy atom. The lowest BCUT2D eigenvalue weighted by molar-refractivity contribution is 0.137. The number of methoxy groups -OCH3 is 1. The molecule has 2 N–H and O–H groups in total. The Morgan fingerprint density at radius 2 is 2.36 bits per heavy atom. The van der Waals surface area contributed by atoms with Crippen molar-refractivity contribution in [1.29, 1.82) is 0 Å². The lowest BCUT2D eigenvalue weighted by atomic mass is 10.2. The smallest absolute Gasteiger partial charge is 0.119 e. The Labute approximate surface area is 84.7 Å². The molecule has 0 aliphatic rings. The van der Waals surface area contributed by atoms with Gasteiger partial charge >= 0.3 is 0 Å². The first-order valence-electron chi connectivity index (χ1n) is 4.60. The first-order valence-corrected chi connectivity index (χ1v) is 4.60. The monoisotopic (exact) mass is 194 g/mol. The third-order valence-corrected chi connectivity index (χ3v) is 1.95. The molecule has 1 unspecified atom stereocenters. The molecule has 14 heavy (non-hydrogen) atoms. The number of rotatable bonds is 5. The molecule has 0 saturated heterocycles. The van der Waals surface area contributed by atoms with Gasteiger partial charge in [-0.1, -0.05) is 12.1 Å². The van der Waals surface area contributed by atoms with Gasteiger partial charge in [-0.2, -0.15) is 0 Å². The lowest BCUT2D eigenvalue weighted by Crippen LogP contribution is -2.27. The predicted octanol–water partition coefficient (Wildman–Crippen LogP) is 1.33. The molecule has 0 aliphatic carbocycles. The van der Waals surface area contributed by atoms with Crippen LogP contribution in [-0.2, 0) is 6.54 Å². The molecule has 0 heterocycles. The molecule has 1 aromatic carbocycles. The summed E-state index contributed by atoms with van der Waals surface area (Å²) in [5, 5.41) is 12.2. The van der Waals surface area contributed by atoms with Gasteiger partial charge in [-0.05, 0) is 31.0 Å². The summed E-state index contributed by atoms with van der Waals surface area (Å²) >= 11 is 0. The van der Waals surface area contributed by atoms with Crippen LogP contribution in [0.25, 0.3) is 0 Å². The van der Waals surface area contributed by atoms with Crippen molar-refractivity contribution in [2.75, 3.05) is 7.11 Å². The van der Waals surface area contributed by atoms with E-state index in [1.807, 2.05) is 24.3 Å². The minimum absolute atomic E-state index is 0.462. The zero-order chi connectivity index (χ0) is 10.4. The fourth-order valence-corrected chi connectivity index (χ4v) is 1.12. The highest BCUT2D eigenvalue weighted by Gasteiger charge is 2.00. The van der Waals surface area contributed by atoms with Crippen molar-refractivity contribution >= 4 is 0 Å². The Kier molecular flexibility index (Phi) is 4.43. The molecular weight excluding hydrogens is 178 g/mol. The van der Waals surface area contributed by atoms with Crippen molar-refractivity contribution in [2.24, 2.45) is 0 Å². The average Bonchev–Trinajstić information content (AvgIpc) is 2.26. The van der Waals surface area contributed by atoms with Gasteiger partial charge in [-0.15, -0.1) is 0 Å². The molecule has 0 aromatic heterocycles. The number of ether oxygens (including phenoxy) is 1. The van der Waals surface area contributed by atoms with E-state index in [9.17, 15) is 5.11 Å². The van der Waals surface area contributed by atoms with E-state index >= 15 is 0 Å². The minimum Gasteiger partial charge on any atom is -0.497 e. The summed E-state index contributed by atoms with van der Waals surface area (Å²) < 4.78 is 5.09. The molecule has 1 aromatic rings. The van der Waals surface area contributed by atoms with Gasteiger partial charge in [-0.3, -0.25) is 5.32 Å². The Bertz CT molecular complexity index is 276. The molecule has 0 aliphatic heterocycles. The number of aliphatic hydroxyl groups is 1. The van der Waals surface area contributed by atoms with Gasteiger partial charge in [0.25, 0.3) is 0 Å². The summed E-state index contributed by atoms with van der Waals surface area (Å²) in [6, 6.07) is 7.72. The summed E-state index contributed by atoms with van der Waals surface area (Å²) in [5.74, 6) is 0.827. The zero-order valence-corrected chi connectivity index (χ0v) is 8.36. The van der Waals surface area contributed by atoms with Crippen molar-refractivity contribution in [3.8, 4) is 5.75 Å². The molecule has 3 heteroatoms. The Hall–Kier alpha value is -1.06. The van der Waals surface area contributed by atoms with Gasteiger partial charge in [0.1, 0.15) is 12.0 Å². The first-order chi connectivity index (χ1) is 6.76. The van der Waals surface area contributed by atoms with Crippen LogP contribution in [0.3, 0.4) is 0 Å². The summed E-state index contributed by atoms with van der Waals surface area (Å²) in [6.45, 7) is 4.21. The third kappa shape index (κ3) is 3.36. The van der Waals surface area contributed by atoms with Crippen LogP contribution in [0.5, 0.6) is 5.75 Å². The third-order valence-electron chi connectivity index (χ3n) is 1.95. The number of hydrogen-bond donors (Lipinski definition) is 2. The van der Waals surface area contributed by atoms with Crippen molar-refractivity contribution in [3.05, 3.63) is 36.8 Å². The van der Waals surface area contributed by atoms with Crippen LogP contribution in [0.1, 0.15) is 12.0 Å². The van der Waals surface area contributed by atoms with E-state index < -0.39 is 6.23 Å². The number of aliphatic hydroxyl groups excluding tert-OH is 1. The summed E-state index contributed by atoms with van der Waals surface area (Å²) in [4.78, 5) is 0. The molecule has 0 amide bonds. The van der Waals surface area contributed by atoms with E-state index in [-0.39, 0.29) is 0 Å². The second-order valence-corrected chi connectivity index (χ2v) is 3.04. The van der Waals surface area contributed by atoms with E-state index in [0.717, 1.165) is 11.3 Å². The average molecular weight is 194 g/mol. The van der Waals surface area contributed by atoms with Crippen molar-refractivity contribution in [3.63, 3.8) is 0 Å². The SMILES string of the molecule is [CH2]CC(O)NCc1cccc(OC)c1. The van der Waals surface area contributed by atoms with E-state index in [0.29, 0.717) is 13.0 Å². The Balaban J connectivity index is 2.50. The first kappa shape index (κ1) is 11.0. The quantitative estimate of drug-likeness (QED) is 0.695. The van der Waals surface area contributed by atoms with Crippen LogP contribution in [0.4, 0.5) is 0 Å². The maximum Gasteiger partial charge on any atom is 0.119 e. The fourth-order valence-electron chi connectivity index (χ4n) is 1.12. The van der Waals surface area contributed by atoms with Crippen LogP contribution < -0.4 is 10.1 Å². The van der Waals surface area contributed by atoms with Crippen molar-refractivity contribution in [2.45, 2.75) is 19.2 Å². The molecule has 0 spiro atoms. The van der Waals surface area contributed by atoms with Gasteiger partial charge in [0.05, 0.1) is 7.11 Å². The predicted molar refractivity (Wildman–Crippen MR) is 55.8 cm³/mol. The zero-order valence-electron chi connectivity index (χ0n) is 8.36. The minimum atomic E-state index is -0.541. The molecular formula is C11H16NO2. The molecule has 1 atom stereocenters. The molecule has 77 valence electrons. The van der Waals surface area contributed by atoms with Crippen molar-refractivity contribution in [1.82, 2.24) is 5.32 Å². The second-order valence-electron chi connectivity index (χ2n) is 3.04. The van der Waals surface area contributed by atoms with Crippen molar-refractivity contribution < 1.29 is 9.84 Å². The van der Waals surface area contributed by atoms with Crippen LogP contribution in [-0.4, -0.2) is 18.4 Å². The Morgan fingerprint density at radius 1 is 1.57 bits per heavy atom. The summed E-state index contributed by atoms with van der Waals surface area (Å²) in [6.07, 6.45) is -0.0783. The fraction of sp³-hybridized carbons (Fsp3) is 0.364. The topological polar surface area (TPSA) is 41.5 Å².